The summed E-state index contributed by atoms with van der Waals surface area (Å²) in [5.41, 5.74) is 0.359. The van der Waals surface area contributed by atoms with Gasteiger partial charge in [0.15, 0.2) is 5.96 Å². The van der Waals surface area contributed by atoms with E-state index in [0.29, 0.717) is 24.5 Å². The number of thioether (sulfide) groups is 1. The number of nitrogens with one attached hydrogen (secondary N) is 2. The zero-order chi connectivity index (χ0) is 17.2. The molecule has 0 amide bonds. The Bertz CT molecular complexity index is 648. The van der Waals surface area contributed by atoms with Gasteiger partial charge in [-0.15, -0.1) is 11.3 Å². The smallest absolute Gasteiger partial charge is 0.190 e. The van der Waals surface area contributed by atoms with Gasteiger partial charge in [0.2, 0.25) is 0 Å². The lowest BCUT2D eigenvalue weighted by atomic mass is 10.1. The Hall–Kier alpha value is -1.67. The first-order valence-corrected chi connectivity index (χ1v) is 9.46. The van der Waals surface area contributed by atoms with Crippen LogP contribution in [0.2, 0.25) is 0 Å². The molecule has 4 nitrogen and oxygen atoms in total. The molecule has 1 heterocycles. The molecule has 0 saturated carbocycles. The highest BCUT2D eigenvalue weighted by molar-refractivity contribution is 8.00. The van der Waals surface area contributed by atoms with E-state index >= 15 is 0 Å². The lowest BCUT2D eigenvalue weighted by Gasteiger charge is -2.12. The molecule has 0 aliphatic heterocycles. The van der Waals surface area contributed by atoms with Crippen LogP contribution in [0.3, 0.4) is 0 Å². The van der Waals surface area contributed by atoms with Crippen LogP contribution in [0.4, 0.5) is 8.78 Å². The zero-order valence-electron chi connectivity index (χ0n) is 13.4. The number of aliphatic imine (C=N–C) groups is 1. The Morgan fingerprint density at radius 2 is 2.12 bits per heavy atom. The Morgan fingerprint density at radius 1 is 1.29 bits per heavy atom. The lowest BCUT2D eigenvalue weighted by Crippen LogP contribution is -2.38. The fourth-order valence-corrected chi connectivity index (χ4v) is 3.64. The van der Waals surface area contributed by atoms with Gasteiger partial charge in [-0.2, -0.15) is 0 Å². The maximum absolute atomic E-state index is 13.5. The molecule has 0 aliphatic rings. The number of aromatic nitrogens is 1. The molecule has 130 valence electrons. The van der Waals surface area contributed by atoms with Gasteiger partial charge in [-0.05, 0) is 36.6 Å². The Labute approximate surface area is 148 Å². The zero-order valence-corrected chi connectivity index (χ0v) is 15.0. The second-order valence-electron chi connectivity index (χ2n) is 4.91. The van der Waals surface area contributed by atoms with E-state index in [1.165, 1.54) is 6.07 Å². The van der Waals surface area contributed by atoms with Gasteiger partial charge in [-0.25, -0.2) is 13.8 Å². The van der Waals surface area contributed by atoms with Crippen LogP contribution >= 0.6 is 23.1 Å². The van der Waals surface area contributed by atoms with E-state index in [0.717, 1.165) is 35.2 Å². The van der Waals surface area contributed by atoms with E-state index in [2.05, 4.69) is 20.6 Å². The summed E-state index contributed by atoms with van der Waals surface area (Å²) in [5.74, 6) is 0.824. The summed E-state index contributed by atoms with van der Waals surface area (Å²) in [6, 6.07) is 3.50. The SMILES string of the molecule is CN=C(NCCCSc1nccs1)NCCc1cc(F)ccc1F. The van der Waals surface area contributed by atoms with E-state index in [1.54, 1.807) is 36.3 Å². The predicted molar refractivity (Wildman–Crippen MR) is 96.9 cm³/mol. The van der Waals surface area contributed by atoms with Crippen molar-refractivity contribution in [1.82, 2.24) is 15.6 Å². The summed E-state index contributed by atoms with van der Waals surface area (Å²) in [7, 11) is 1.68. The van der Waals surface area contributed by atoms with Crippen LogP contribution in [0.25, 0.3) is 0 Å². The van der Waals surface area contributed by atoms with Crippen molar-refractivity contribution in [2.75, 3.05) is 25.9 Å². The predicted octanol–water partition coefficient (Wildman–Crippen LogP) is 3.31. The quantitative estimate of drug-likeness (QED) is 0.324. The van der Waals surface area contributed by atoms with Gasteiger partial charge in [0, 0.05) is 37.5 Å². The second-order valence-corrected chi connectivity index (χ2v) is 7.15. The molecule has 0 radical (unpaired) electrons. The van der Waals surface area contributed by atoms with Crippen molar-refractivity contribution in [2.45, 2.75) is 17.2 Å². The minimum atomic E-state index is -0.424. The van der Waals surface area contributed by atoms with Crippen LogP contribution in [0, 0.1) is 11.6 Å². The Balaban J connectivity index is 1.62. The number of nitrogens with zero attached hydrogens (tertiary/aromatic N) is 2. The molecule has 0 aliphatic carbocycles. The molecule has 8 heteroatoms. The number of hydrogen-bond donors (Lipinski definition) is 2. The first-order valence-electron chi connectivity index (χ1n) is 7.60. The number of hydrogen-bond acceptors (Lipinski definition) is 4. The van der Waals surface area contributed by atoms with E-state index < -0.39 is 5.82 Å². The number of rotatable bonds is 8. The third kappa shape index (κ3) is 6.45. The number of guanidine groups is 1. The van der Waals surface area contributed by atoms with Gasteiger partial charge < -0.3 is 10.6 Å². The molecule has 0 unspecified atom stereocenters. The van der Waals surface area contributed by atoms with Crippen LogP contribution in [0.15, 0.2) is 39.1 Å². The summed E-state index contributed by atoms with van der Waals surface area (Å²) in [4.78, 5) is 8.33. The Morgan fingerprint density at radius 3 is 2.88 bits per heavy atom. The fraction of sp³-hybridized carbons (Fsp3) is 0.375. The van der Waals surface area contributed by atoms with E-state index in [-0.39, 0.29) is 5.82 Å². The summed E-state index contributed by atoms with van der Waals surface area (Å²) < 4.78 is 27.7. The maximum Gasteiger partial charge on any atom is 0.190 e. The highest BCUT2D eigenvalue weighted by atomic mass is 32.2. The van der Waals surface area contributed by atoms with Crippen molar-refractivity contribution in [3.63, 3.8) is 0 Å². The normalized spacial score (nSPS) is 11.5. The molecule has 0 bridgehead atoms. The number of halogens is 2. The molecule has 0 atom stereocenters. The summed E-state index contributed by atoms with van der Waals surface area (Å²) >= 11 is 3.38. The first-order chi connectivity index (χ1) is 11.7. The van der Waals surface area contributed by atoms with Crippen molar-refractivity contribution < 1.29 is 8.78 Å². The topological polar surface area (TPSA) is 49.3 Å². The highest BCUT2D eigenvalue weighted by Crippen LogP contribution is 2.20. The van der Waals surface area contributed by atoms with Crippen LogP contribution in [-0.2, 0) is 6.42 Å². The van der Waals surface area contributed by atoms with Gasteiger partial charge >= 0.3 is 0 Å². The molecule has 24 heavy (non-hydrogen) atoms. The Kier molecular flexibility index (Phi) is 7.97. The molecule has 2 aromatic rings. The average molecular weight is 370 g/mol. The number of benzene rings is 1. The van der Waals surface area contributed by atoms with Gasteiger partial charge in [0.25, 0.3) is 0 Å². The molecule has 0 saturated heterocycles. The van der Waals surface area contributed by atoms with Crippen molar-refractivity contribution in [2.24, 2.45) is 4.99 Å². The van der Waals surface area contributed by atoms with Crippen molar-refractivity contribution >= 4 is 29.1 Å². The van der Waals surface area contributed by atoms with E-state index in [4.69, 9.17) is 0 Å². The van der Waals surface area contributed by atoms with Crippen LogP contribution in [0.1, 0.15) is 12.0 Å². The van der Waals surface area contributed by atoms with Gasteiger partial charge in [0.1, 0.15) is 16.0 Å². The third-order valence-electron chi connectivity index (χ3n) is 3.17. The monoisotopic (exact) mass is 370 g/mol. The average Bonchev–Trinajstić information content (AvgIpc) is 3.09. The molecule has 1 aromatic carbocycles. The summed E-state index contributed by atoms with van der Waals surface area (Å²) in [6.07, 6.45) is 3.17. The van der Waals surface area contributed by atoms with Gasteiger partial charge in [0.05, 0.1) is 0 Å². The van der Waals surface area contributed by atoms with Crippen LogP contribution in [-0.4, -0.2) is 36.8 Å². The highest BCUT2D eigenvalue weighted by Gasteiger charge is 2.04. The second kappa shape index (κ2) is 10.2. The van der Waals surface area contributed by atoms with E-state index in [9.17, 15) is 8.78 Å². The van der Waals surface area contributed by atoms with E-state index in [1.807, 2.05) is 5.38 Å². The molecule has 2 rings (SSSR count). The third-order valence-corrected chi connectivity index (χ3v) is 5.22. The standard InChI is InChI=1S/C16H20F2N4S2/c1-19-15(20-6-2-9-23-16-22-8-10-24-16)21-7-5-12-11-13(17)3-4-14(12)18/h3-4,8,10-11H,2,5-7,9H2,1H3,(H2,19,20,21). The van der Waals surface area contributed by atoms with Crippen LogP contribution < -0.4 is 10.6 Å². The fourth-order valence-electron chi connectivity index (χ4n) is 1.99. The molecule has 1 aromatic heterocycles. The molecule has 2 N–H and O–H groups in total. The molecule has 0 spiro atoms. The molecule has 0 fully saturated rings. The largest absolute Gasteiger partial charge is 0.356 e. The minimum absolute atomic E-state index is 0.359. The minimum Gasteiger partial charge on any atom is -0.356 e. The number of thiazole rings is 1. The van der Waals surface area contributed by atoms with Crippen molar-refractivity contribution in [3.8, 4) is 0 Å². The van der Waals surface area contributed by atoms with Crippen molar-refractivity contribution in [1.29, 1.82) is 0 Å². The summed E-state index contributed by atoms with van der Waals surface area (Å²) in [5, 5.41) is 8.27. The first kappa shape index (κ1) is 18.7. The van der Waals surface area contributed by atoms with Crippen molar-refractivity contribution in [3.05, 3.63) is 47.0 Å². The summed E-state index contributed by atoms with van der Waals surface area (Å²) in [6.45, 7) is 1.26. The van der Waals surface area contributed by atoms with Gasteiger partial charge in [-0.1, -0.05) is 11.8 Å². The van der Waals surface area contributed by atoms with Gasteiger partial charge in [-0.3, -0.25) is 4.99 Å². The molecular formula is C16H20F2N4S2. The van der Waals surface area contributed by atoms with Crippen LogP contribution in [0.5, 0.6) is 0 Å². The lowest BCUT2D eigenvalue weighted by molar-refractivity contribution is 0.583. The maximum atomic E-state index is 13.5. The molecular weight excluding hydrogens is 350 g/mol.